The SMILES string of the molecule is O=C(O)c1cccc(O)c1.O=C(O)c1ccccc1O.O=C(O)c1ccccc1O. The van der Waals surface area contributed by atoms with Gasteiger partial charge in [0.1, 0.15) is 28.4 Å². The van der Waals surface area contributed by atoms with Crippen molar-refractivity contribution in [1.82, 2.24) is 0 Å². The molecule has 0 heterocycles. The predicted octanol–water partition coefficient (Wildman–Crippen LogP) is 3.27. The van der Waals surface area contributed by atoms with Crippen LogP contribution in [0, 0.1) is 0 Å². The zero-order valence-electron chi connectivity index (χ0n) is 15.3. The van der Waals surface area contributed by atoms with Crippen molar-refractivity contribution in [3.05, 3.63) is 89.5 Å². The fraction of sp³-hybridized carbons (Fsp3) is 0. The molecule has 6 N–H and O–H groups in total. The second-order valence-corrected chi connectivity index (χ2v) is 5.50. The molecule has 0 aliphatic carbocycles. The number of carbonyl (C=O) groups is 3. The van der Waals surface area contributed by atoms with Crippen LogP contribution in [0.25, 0.3) is 0 Å². The Bertz CT molecular complexity index is 973. The van der Waals surface area contributed by atoms with Gasteiger partial charge < -0.3 is 30.6 Å². The molecule has 0 radical (unpaired) electrons. The van der Waals surface area contributed by atoms with Crippen molar-refractivity contribution >= 4 is 17.9 Å². The molecule has 0 fully saturated rings. The number of aromatic hydroxyl groups is 3. The topological polar surface area (TPSA) is 173 Å². The summed E-state index contributed by atoms with van der Waals surface area (Å²) in [5, 5.41) is 51.8. The Morgan fingerprint density at radius 3 is 1.23 bits per heavy atom. The minimum atomic E-state index is -1.11. The van der Waals surface area contributed by atoms with Gasteiger partial charge in [0.25, 0.3) is 0 Å². The standard InChI is InChI=1S/3C7H6O3/c8-6-3-1-2-5(4-6)7(9)10;2*8-6-4-2-1-3-5(6)7(9)10/h3*1-4,8H,(H,9,10). The van der Waals surface area contributed by atoms with Crippen LogP contribution in [0.1, 0.15) is 31.1 Å². The van der Waals surface area contributed by atoms with Crippen molar-refractivity contribution in [3.63, 3.8) is 0 Å². The Balaban J connectivity index is 0.000000225. The molecule has 0 aliphatic rings. The van der Waals surface area contributed by atoms with Gasteiger partial charge in [0.2, 0.25) is 0 Å². The molecule has 0 spiro atoms. The number of hydrogen-bond acceptors (Lipinski definition) is 6. The maximum Gasteiger partial charge on any atom is 0.339 e. The third-order valence-corrected chi connectivity index (χ3v) is 3.36. The van der Waals surface area contributed by atoms with Crippen LogP contribution < -0.4 is 0 Å². The quantitative estimate of drug-likeness (QED) is 0.376. The molecule has 156 valence electrons. The third kappa shape index (κ3) is 7.61. The van der Waals surface area contributed by atoms with Crippen molar-refractivity contribution < 1.29 is 45.0 Å². The monoisotopic (exact) mass is 414 g/mol. The van der Waals surface area contributed by atoms with E-state index in [1.54, 1.807) is 24.3 Å². The van der Waals surface area contributed by atoms with Gasteiger partial charge in [0.05, 0.1) is 5.56 Å². The lowest BCUT2D eigenvalue weighted by Gasteiger charge is -1.95. The summed E-state index contributed by atoms with van der Waals surface area (Å²) in [4.78, 5) is 30.8. The Hall–Kier alpha value is -4.53. The summed E-state index contributed by atoms with van der Waals surface area (Å²) in [5.74, 6) is -3.68. The lowest BCUT2D eigenvalue weighted by atomic mass is 10.2. The van der Waals surface area contributed by atoms with Crippen molar-refractivity contribution in [2.75, 3.05) is 0 Å². The summed E-state index contributed by atoms with van der Waals surface area (Å²) in [5.41, 5.74) is -0.0370. The van der Waals surface area contributed by atoms with E-state index in [4.69, 9.17) is 30.6 Å². The van der Waals surface area contributed by atoms with Crippen LogP contribution in [-0.2, 0) is 0 Å². The predicted molar refractivity (Wildman–Crippen MR) is 105 cm³/mol. The number of para-hydroxylation sites is 2. The van der Waals surface area contributed by atoms with Gasteiger partial charge in [0.15, 0.2) is 0 Å². The Morgan fingerprint density at radius 1 is 0.533 bits per heavy atom. The van der Waals surface area contributed by atoms with Crippen molar-refractivity contribution in [2.45, 2.75) is 0 Å². The summed E-state index contributed by atoms with van der Waals surface area (Å²) in [6.07, 6.45) is 0. The number of carboxylic acid groups (broad SMARTS) is 3. The highest BCUT2D eigenvalue weighted by molar-refractivity contribution is 5.91. The van der Waals surface area contributed by atoms with Gasteiger partial charge in [-0.25, -0.2) is 14.4 Å². The molecule has 3 aromatic rings. The summed E-state index contributed by atoms with van der Waals surface area (Å²) < 4.78 is 0. The minimum absolute atomic E-state index is 0.0279. The highest BCUT2D eigenvalue weighted by Gasteiger charge is 2.06. The second-order valence-electron chi connectivity index (χ2n) is 5.50. The van der Waals surface area contributed by atoms with Crippen LogP contribution >= 0.6 is 0 Å². The van der Waals surface area contributed by atoms with Gasteiger partial charge in [0, 0.05) is 0 Å². The van der Waals surface area contributed by atoms with Crippen LogP contribution in [0.2, 0.25) is 0 Å². The third-order valence-electron chi connectivity index (χ3n) is 3.36. The maximum atomic E-state index is 10.3. The Labute approximate surface area is 170 Å². The first-order valence-corrected chi connectivity index (χ1v) is 8.18. The van der Waals surface area contributed by atoms with E-state index >= 15 is 0 Å². The number of rotatable bonds is 3. The molecular weight excluding hydrogens is 396 g/mol. The first-order valence-electron chi connectivity index (χ1n) is 8.18. The Morgan fingerprint density at radius 2 is 0.967 bits per heavy atom. The average molecular weight is 414 g/mol. The molecule has 0 saturated carbocycles. The van der Waals surface area contributed by atoms with Gasteiger partial charge in [-0.05, 0) is 42.5 Å². The van der Waals surface area contributed by atoms with Gasteiger partial charge in [-0.2, -0.15) is 0 Å². The first kappa shape index (κ1) is 23.5. The van der Waals surface area contributed by atoms with Gasteiger partial charge in [-0.15, -0.1) is 0 Å². The average Bonchev–Trinajstić information content (AvgIpc) is 2.69. The largest absolute Gasteiger partial charge is 0.508 e. The fourth-order valence-corrected chi connectivity index (χ4v) is 1.95. The van der Waals surface area contributed by atoms with E-state index in [9.17, 15) is 14.4 Å². The van der Waals surface area contributed by atoms with Gasteiger partial charge in [-0.1, -0.05) is 30.3 Å². The van der Waals surface area contributed by atoms with Crippen LogP contribution in [0.15, 0.2) is 72.8 Å². The van der Waals surface area contributed by atoms with Crippen LogP contribution in [0.5, 0.6) is 17.2 Å². The molecule has 30 heavy (non-hydrogen) atoms. The van der Waals surface area contributed by atoms with Crippen molar-refractivity contribution in [2.24, 2.45) is 0 Å². The van der Waals surface area contributed by atoms with E-state index in [1.807, 2.05) is 0 Å². The number of phenols is 3. The zero-order chi connectivity index (χ0) is 22.7. The number of hydrogen-bond donors (Lipinski definition) is 6. The van der Waals surface area contributed by atoms with E-state index in [2.05, 4.69) is 0 Å². The molecule has 0 atom stereocenters. The molecule has 0 unspecified atom stereocenters. The fourth-order valence-electron chi connectivity index (χ4n) is 1.95. The van der Waals surface area contributed by atoms with Gasteiger partial charge in [-0.3, -0.25) is 0 Å². The lowest BCUT2D eigenvalue weighted by molar-refractivity contribution is 0.0682. The number of phenolic OH excluding ortho intramolecular Hbond substituents is 1. The number of carboxylic acids is 3. The minimum Gasteiger partial charge on any atom is -0.508 e. The van der Waals surface area contributed by atoms with Crippen molar-refractivity contribution in [3.8, 4) is 17.2 Å². The van der Waals surface area contributed by atoms with Crippen LogP contribution in [-0.4, -0.2) is 48.5 Å². The molecule has 0 saturated heterocycles. The molecule has 0 aliphatic heterocycles. The van der Waals surface area contributed by atoms with Gasteiger partial charge >= 0.3 is 17.9 Å². The molecule has 0 amide bonds. The first-order chi connectivity index (χ1) is 14.1. The lowest BCUT2D eigenvalue weighted by Crippen LogP contribution is -1.95. The Kier molecular flexibility index (Phi) is 8.89. The normalized spacial score (nSPS) is 9.20. The van der Waals surface area contributed by atoms with Crippen LogP contribution in [0.3, 0.4) is 0 Å². The number of benzene rings is 3. The molecule has 9 heteroatoms. The van der Waals surface area contributed by atoms with E-state index in [-0.39, 0.29) is 33.9 Å². The number of aromatic carboxylic acids is 3. The second kappa shape index (κ2) is 11.3. The molecule has 0 aromatic heterocycles. The molecule has 3 rings (SSSR count). The summed E-state index contributed by atoms with van der Waals surface area (Å²) >= 11 is 0. The highest BCUT2D eigenvalue weighted by atomic mass is 16.4. The summed E-state index contributed by atoms with van der Waals surface area (Å²) in [7, 11) is 0. The zero-order valence-corrected chi connectivity index (χ0v) is 15.3. The molecular formula is C21H18O9. The maximum absolute atomic E-state index is 10.3. The van der Waals surface area contributed by atoms with E-state index in [1.165, 1.54) is 48.5 Å². The highest BCUT2D eigenvalue weighted by Crippen LogP contribution is 2.15. The van der Waals surface area contributed by atoms with Crippen molar-refractivity contribution in [1.29, 1.82) is 0 Å². The smallest absolute Gasteiger partial charge is 0.339 e. The van der Waals surface area contributed by atoms with E-state index in [0.29, 0.717) is 0 Å². The van der Waals surface area contributed by atoms with E-state index < -0.39 is 17.9 Å². The van der Waals surface area contributed by atoms with E-state index in [0.717, 1.165) is 0 Å². The van der Waals surface area contributed by atoms with Crippen LogP contribution in [0.4, 0.5) is 0 Å². The summed E-state index contributed by atoms with van der Waals surface area (Å²) in [6, 6.07) is 17.1. The molecule has 3 aromatic carbocycles. The molecule has 0 bridgehead atoms. The summed E-state index contributed by atoms with van der Waals surface area (Å²) in [6.45, 7) is 0. The molecule has 9 nitrogen and oxygen atoms in total.